The lowest BCUT2D eigenvalue weighted by Crippen LogP contribution is -2.30. The van der Waals surface area contributed by atoms with Crippen molar-refractivity contribution in [1.29, 1.82) is 0 Å². The van der Waals surface area contributed by atoms with Gasteiger partial charge in [-0.2, -0.15) is 0 Å². The fourth-order valence-electron chi connectivity index (χ4n) is 1.69. The molecule has 0 aliphatic carbocycles. The van der Waals surface area contributed by atoms with Crippen LogP contribution in [-0.2, 0) is 10.5 Å². The predicted octanol–water partition coefficient (Wildman–Crippen LogP) is 2.66. The maximum Gasteiger partial charge on any atom is 0.269 e. The van der Waals surface area contributed by atoms with Crippen LogP contribution in [0.4, 0.5) is 11.4 Å². The number of anilines is 1. The zero-order chi connectivity index (χ0) is 13.0. The third-order valence-electron chi connectivity index (χ3n) is 2.75. The molecule has 0 radical (unpaired) electrons. The molecule has 1 fully saturated rings. The smallest absolute Gasteiger partial charge is 0.269 e. The van der Waals surface area contributed by atoms with Crippen LogP contribution in [0.5, 0.6) is 0 Å². The normalized spacial score (nSPS) is 15.2. The molecule has 1 heterocycles. The van der Waals surface area contributed by atoms with Gasteiger partial charge in [-0.25, -0.2) is 0 Å². The fraction of sp³-hybridized carbons (Fsp3) is 0.500. The van der Waals surface area contributed by atoms with E-state index in [9.17, 15) is 10.1 Å². The van der Waals surface area contributed by atoms with Crippen molar-refractivity contribution in [3.63, 3.8) is 0 Å². The van der Waals surface area contributed by atoms with E-state index in [0.717, 1.165) is 36.8 Å². The first-order valence-electron chi connectivity index (χ1n) is 5.91. The van der Waals surface area contributed by atoms with Crippen molar-refractivity contribution in [1.82, 2.24) is 0 Å². The standard InChI is InChI=1S/C12H16N2O3S/c1-2-13-12-4-3-10(14(15)16)5-9(12)8-18-11-6-17-7-11/h3-5,11,13H,2,6-8H2,1H3. The van der Waals surface area contributed by atoms with Gasteiger partial charge in [-0.1, -0.05) is 0 Å². The Kier molecular flexibility index (Phi) is 4.43. The van der Waals surface area contributed by atoms with Gasteiger partial charge in [0, 0.05) is 30.1 Å². The Morgan fingerprint density at radius 1 is 1.56 bits per heavy atom. The molecule has 5 nitrogen and oxygen atoms in total. The van der Waals surface area contributed by atoms with Crippen LogP contribution in [0.25, 0.3) is 0 Å². The van der Waals surface area contributed by atoms with Crippen molar-refractivity contribution >= 4 is 23.1 Å². The Balaban J connectivity index is 2.10. The third-order valence-corrected chi connectivity index (χ3v) is 3.97. The lowest BCUT2D eigenvalue weighted by Gasteiger charge is -2.25. The van der Waals surface area contributed by atoms with E-state index in [1.807, 2.05) is 6.92 Å². The van der Waals surface area contributed by atoms with Gasteiger partial charge in [-0.05, 0) is 18.6 Å². The molecule has 0 saturated carbocycles. The summed E-state index contributed by atoms with van der Waals surface area (Å²) in [5, 5.41) is 14.5. The number of rotatable bonds is 6. The SMILES string of the molecule is CCNc1ccc([N+](=O)[O-])cc1CSC1COC1. The van der Waals surface area contributed by atoms with E-state index in [2.05, 4.69) is 5.32 Å². The van der Waals surface area contributed by atoms with E-state index in [1.165, 1.54) is 0 Å². The van der Waals surface area contributed by atoms with Gasteiger partial charge in [0.05, 0.1) is 23.4 Å². The summed E-state index contributed by atoms with van der Waals surface area (Å²) in [6, 6.07) is 4.98. The molecule has 0 unspecified atom stereocenters. The molecule has 1 aliphatic heterocycles. The van der Waals surface area contributed by atoms with Crippen molar-refractivity contribution in [3.05, 3.63) is 33.9 Å². The van der Waals surface area contributed by atoms with Crippen LogP contribution in [0.15, 0.2) is 18.2 Å². The number of nitrogens with zero attached hydrogens (tertiary/aromatic N) is 1. The van der Waals surface area contributed by atoms with Crippen LogP contribution in [0.1, 0.15) is 12.5 Å². The molecule has 2 rings (SSSR count). The van der Waals surface area contributed by atoms with E-state index in [4.69, 9.17) is 4.74 Å². The predicted molar refractivity (Wildman–Crippen MR) is 73.2 cm³/mol. The van der Waals surface area contributed by atoms with Gasteiger partial charge in [0.25, 0.3) is 5.69 Å². The van der Waals surface area contributed by atoms with Crippen LogP contribution in [0.3, 0.4) is 0 Å². The second-order valence-electron chi connectivity index (χ2n) is 4.10. The Bertz CT molecular complexity index is 435. The number of non-ortho nitro benzene ring substituents is 1. The zero-order valence-corrected chi connectivity index (χ0v) is 11.0. The lowest BCUT2D eigenvalue weighted by molar-refractivity contribution is -0.384. The van der Waals surface area contributed by atoms with Crippen LogP contribution < -0.4 is 5.32 Å². The Morgan fingerprint density at radius 2 is 2.33 bits per heavy atom. The second kappa shape index (κ2) is 6.06. The van der Waals surface area contributed by atoms with Gasteiger partial charge in [-0.15, -0.1) is 11.8 Å². The minimum atomic E-state index is -0.351. The summed E-state index contributed by atoms with van der Waals surface area (Å²) in [6.07, 6.45) is 0. The van der Waals surface area contributed by atoms with E-state index in [0.29, 0.717) is 5.25 Å². The van der Waals surface area contributed by atoms with Crippen molar-refractivity contribution < 1.29 is 9.66 Å². The van der Waals surface area contributed by atoms with Gasteiger partial charge >= 0.3 is 0 Å². The van der Waals surface area contributed by atoms with Gasteiger partial charge in [0.15, 0.2) is 0 Å². The first kappa shape index (κ1) is 13.2. The number of thioether (sulfide) groups is 1. The van der Waals surface area contributed by atoms with Crippen molar-refractivity contribution in [2.45, 2.75) is 17.9 Å². The van der Waals surface area contributed by atoms with E-state index < -0.39 is 0 Å². The molecule has 0 bridgehead atoms. The molecular formula is C12H16N2O3S. The molecule has 1 aromatic rings. The highest BCUT2D eigenvalue weighted by molar-refractivity contribution is 7.99. The Labute approximate surface area is 110 Å². The van der Waals surface area contributed by atoms with Crippen LogP contribution in [0, 0.1) is 10.1 Å². The molecule has 0 atom stereocenters. The highest BCUT2D eigenvalue weighted by Gasteiger charge is 2.19. The maximum atomic E-state index is 10.8. The minimum Gasteiger partial charge on any atom is -0.385 e. The summed E-state index contributed by atoms with van der Waals surface area (Å²) in [5.74, 6) is 0.776. The molecule has 6 heteroatoms. The molecule has 1 N–H and O–H groups in total. The average Bonchev–Trinajstić information content (AvgIpc) is 2.29. The molecule has 98 valence electrons. The van der Waals surface area contributed by atoms with E-state index in [1.54, 1.807) is 30.0 Å². The monoisotopic (exact) mass is 268 g/mol. The molecule has 0 amide bonds. The topological polar surface area (TPSA) is 64.4 Å². The van der Waals surface area contributed by atoms with E-state index >= 15 is 0 Å². The Hall–Kier alpha value is -1.27. The number of ether oxygens (including phenoxy) is 1. The summed E-state index contributed by atoms with van der Waals surface area (Å²) in [5.41, 5.74) is 2.12. The lowest BCUT2D eigenvalue weighted by atomic mass is 10.2. The minimum absolute atomic E-state index is 0.150. The number of hydrogen-bond donors (Lipinski definition) is 1. The highest BCUT2D eigenvalue weighted by atomic mass is 32.2. The largest absolute Gasteiger partial charge is 0.385 e. The fourth-order valence-corrected chi connectivity index (χ4v) is 2.73. The van der Waals surface area contributed by atoms with Gasteiger partial charge in [-0.3, -0.25) is 10.1 Å². The Morgan fingerprint density at radius 3 is 2.89 bits per heavy atom. The number of hydrogen-bond acceptors (Lipinski definition) is 5. The van der Waals surface area contributed by atoms with Crippen molar-refractivity contribution in [3.8, 4) is 0 Å². The highest BCUT2D eigenvalue weighted by Crippen LogP contribution is 2.29. The molecular weight excluding hydrogens is 252 g/mol. The summed E-state index contributed by atoms with van der Waals surface area (Å²) in [6.45, 7) is 4.40. The number of nitro groups is 1. The maximum absolute atomic E-state index is 10.8. The quantitative estimate of drug-likeness (QED) is 0.634. The van der Waals surface area contributed by atoms with Crippen LogP contribution in [-0.4, -0.2) is 29.9 Å². The molecule has 1 aromatic carbocycles. The first-order chi connectivity index (χ1) is 8.70. The molecule has 0 aromatic heterocycles. The molecule has 0 spiro atoms. The van der Waals surface area contributed by atoms with Crippen molar-refractivity contribution in [2.24, 2.45) is 0 Å². The van der Waals surface area contributed by atoms with E-state index in [-0.39, 0.29) is 10.6 Å². The number of nitro benzene ring substituents is 1. The summed E-state index contributed by atoms with van der Waals surface area (Å²) in [4.78, 5) is 10.4. The second-order valence-corrected chi connectivity index (χ2v) is 5.39. The van der Waals surface area contributed by atoms with Crippen LogP contribution in [0.2, 0.25) is 0 Å². The average molecular weight is 268 g/mol. The van der Waals surface area contributed by atoms with Gasteiger partial charge in [0.2, 0.25) is 0 Å². The molecule has 1 saturated heterocycles. The van der Waals surface area contributed by atoms with Crippen molar-refractivity contribution in [2.75, 3.05) is 25.1 Å². The van der Waals surface area contributed by atoms with Gasteiger partial charge in [0.1, 0.15) is 0 Å². The number of nitrogens with one attached hydrogen (secondary N) is 1. The first-order valence-corrected chi connectivity index (χ1v) is 6.96. The summed E-state index contributed by atoms with van der Waals surface area (Å²) >= 11 is 1.79. The number of benzene rings is 1. The molecule has 18 heavy (non-hydrogen) atoms. The summed E-state index contributed by atoms with van der Waals surface area (Å²) in [7, 11) is 0. The van der Waals surface area contributed by atoms with Gasteiger partial charge < -0.3 is 10.1 Å². The zero-order valence-electron chi connectivity index (χ0n) is 10.2. The van der Waals surface area contributed by atoms with Crippen LogP contribution >= 0.6 is 11.8 Å². The summed E-state index contributed by atoms with van der Waals surface area (Å²) < 4.78 is 5.12. The molecule has 1 aliphatic rings. The third kappa shape index (κ3) is 3.14.